The molecule has 0 saturated carbocycles. The number of hydrogen-bond donors (Lipinski definition) is 2. The van der Waals surface area contributed by atoms with Crippen molar-refractivity contribution < 1.29 is 0 Å². The van der Waals surface area contributed by atoms with Crippen LogP contribution in [0.15, 0.2) is 36.7 Å². The zero-order chi connectivity index (χ0) is 14.3. The highest BCUT2D eigenvalue weighted by molar-refractivity contribution is 5.83. The van der Waals surface area contributed by atoms with E-state index in [1.807, 2.05) is 42.9 Å². The van der Waals surface area contributed by atoms with Crippen LogP contribution in [0, 0.1) is 0 Å². The molecule has 0 amide bonds. The maximum absolute atomic E-state index is 6.07. The summed E-state index contributed by atoms with van der Waals surface area (Å²) in [4.78, 5) is 8.73. The summed E-state index contributed by atoms with van der Waals surface area (Å²) in [5.74, 6) is 0.491. The van der Waals surface area contributed by atoms with Gasteiger partial charge in [-0.05, 0) is 36.8 Å². The van der Waals surface area contributed by atoms with Gasteiger partial charge in [-0.1, -0.05) is 0 Å². The Balaban J connectivity index is 2.31. The van der Waals surface area contributed by atoms with Crippen LogP contribution in [0.1, 0.15) is 18.7 Å². The molecule has 0 aromatic carbocycles. The third kappa shape index (κ3) is 2.02. The molecule has 0 bridgehead atoms. The number of hydrogen-bond acceptors (Lipinski definition) is 4. The van der Waals surface area contributed by atoms with Crippen LogP contribution in [0.5, 0.6) is 0 Å². The van der Waals surface area contributed by atoms with E-state index in [4.69, 9.17) is 16.5 Å². The summed E-state index contributed by atoms with van der Waals surface area (Å²) in [6, 6.07) is 7.72. The number of fused-ring (bicyclic) bond motifs is 1. The van der Waals surface area contributed by atoms with Crippen molar-refractivity contribution in [1.82, 2.24) is 14.5 Å². The van der Waals surface area contributed by atoms with Gasteiger partial charge in [0.1, 0.15) is 5.82 Å². The lowest BCUT2D eigenvalue weighted by atomic mass is 10.0. The smallest absolute Gasteiger partial charge is 0.123 e. The van der Waals surface area contributed by atoms with Crippen molar-refractivity contribution in [3.63, 3.8) is 0 Å². The van der Waals surface area contributed by atoms with E-state index in [0.29, 0.717) is 5.82 Å². The van der Waals surface area contributed by atoms with E-state index in [0.717, 1.165) is 27.9 Å². The molecule has 0 aliphatic carbocycles. The number of pyridine rings is 2. The van der Waals surface area contributed by atoms with E-state index in [1.54, 1.807) is 6.20 Å². The molecule has 1 atom stereocenters. The number of nitrogen functional groups attached to an aromatic ring is 1. The zero-order valence-electron chi connectivity index (χ0n) is 11.5. The molecule has 5 heteroatoms. The third-order valence-corrected chi connectivity index (χ3v) is 3.42. The first kappa shape index (κ1) is 12.6. The summed E-state index contributed by atoms with van der Waals surface area (Å²) >= 11 is 0. The SMILES string of the molecule is CC(N)c1nc2ccn(C)c2cc1-c1ccnc(N)c1. The fourth-order valence-corrected chi connectivity index (χ4v) is 2.39. The lowest BCUT2D eigenvalue weighted by Gasteiger charge is -2.13. The van der Waals surface area contributed by atoms with Gasteiger partial charge >= 0.3 is 0 Å². The van der Waals surface area contributed by atoms with Crippen LogP contribution in [0.3, 0.4) is 0 Å². The molecule has 20 heavy (non-hydrogen) atoms. The first-order valence-corrected chi connectivity index (χ1v) is 6.49. The van der Waals surface area contributed by atoms with E-state index in [2.05, 4.69) is 11.1 Å². The van der Waals surface area contributed by atoms with Crippen molar-refractivity contribution in [2.45, 2.75) is 13.0 Å². The van der Waals surface area contributed by atoms with Crippen molar-refractivity contribution in [2.75, 3.05) is 5.73 Å². The Morgan fingerprint density at radius 2 is 2.05 bits per heavy atom. The lowest BCUT2D eigenvalue weighted by molar-refractivity contribution is 0.789. The molecule has 3 heterocycles. The number of nitrogens with two attached hydrogens (primary N) is 2. The van der Waals surface area contributed by atoms with Gasteiger partial charge in [0.25, 0.3) is 0 Å². The maximum Gasteiger partial charge on any atom is 0.123 e. The Morgan fingerprint density at radius 1 is 1.25 bits per heavy atom. The quantitative estimate of drug-likeness (QED) is 0.746. The van der Waals surface area contributed by atoms with E-state index >= 15 is 0 Å². The van der Waals surface area contributed by atoms with E-state index in [9.17, 15) is 0 Å². The Morgan fingerprint density at radius 3 is 2.75 bits per heavy atom. The predicted molar refractivity (Wildman–Crippen MR) is 81.0 cm³/mol. The molecule has 0 saturated heterocycles. The van der Waals surface area contributed by atoms with Gasteiger partial charge in [-0.25, -0.2) is 9.97 Å². The van der Waals surface area contributed by atoms with Gasteiger partial charge in [0.05, 0.1) is 16.7 Å². The standard InChI is InChI=1S/C15H17N5/c1-9(16)15-11(10-3-5-18-14(17)7-10)8-13-12(19-15)4-6-20(13)2/h3-9H,16H2,1-2H3,(H2,17,18). The minimum Gasteiger partial charge on any atom is -0.384 e. The molecule has 3 aromatic heterocycles. The van der Waals surface area contributed by atoms with E-state index in [1.165, 1.54) is 0 Å². The summed E-state index contributed by atoms with van der Waals surface area (Å²) in [7, 11) is 2.00. The average Bonchev–Trinajstić information content (AvgIpc) is 2.78. The van der Waals surface area contributed by atoms with Crippen LogP contribution in [0.2, 0.25) is 0 Å². The van der Waals surface area contributed by atoms with E-state index in [-0.39, 0.29) is 6.04 Å². The zero-order valence-corrected chi connectivity index (χ0v) is 11.5. The van der Waals surface area contributed by atoms with Gasteiger partial charge in [0, 0.05) is 31.0 Å². The Kier molecular flexibility index (Phi) is 2.91. The Labute approximate surface area is 117 Å². The molecule has 3 rings (SSSR count). The molecule has 0 aliphatic heterocycles. The molecule has 5 nitrogen and oxygen atoms in total. The second-order valence-electron chi connectivity index (χ2n) is 5.01. The number of nitrogens with zero attached hydrogens (tertiary/aromatic N) is 3. The molecule has 0 radical (unpaired) electrons. The van der Waals surface area contributed by atoms with Crippen molar-refractivity contribution >= 4 is 16.9 Å². The molecule has 1 unspecified atom stereocenters. The topological polar surface area (TPSA) is 82.8 Å². The molecular formula is C15H17N5. The molecular weight excluding hydrogens is 250 g/mol. The van der Waals surface area contributed by atoms with Gasteiger partial charge < -0.3 is 16.0 Å². The molecule has 4 N–H and O–H groups in total. The fourth-order valence-electron chi connectivity index (χ4n) is 2.39. The highest BCUT2D eigenvalue weighted by atomic mass is 14.9. The van der Waals surface area contributed by atoms with Gasteiger partial charge in [-0.2, -0.15) is 0 Å². The number of aromatic nitrogens is 3. The lowest BCUT2D eigenvalue weighted by Crippen LogP contribution is -2.09. The first-order valence-electron chi connectivity index (χ1n) is 6.49. The summed E-state index contributed by atoms with van der Waals surface area (Å²) in [6.45, 7) is 1.94. The minimum absolute atomic E-state index is 0.149. The normalized spacial score (nSPS) is 12.8. The maximum atomic E-state index is 6.07. The van der Waals surface area contributed by atoms with E-state index < -0.39 is 0 Å². The van der Waals surface area contributed by atoms with Crippen LogP contribution >= 0.6 is 0 Å². The minimum atomic E-state index is -0.149. The van der Waals surface area contributed by atoms with Gasteiger partial charge in [0.15, 0.2) is 0 Å². The second kappa shape index (κ2) is 4.61. The van der Waals surface area contributed by atoms with Crippen LogP contribution in [-0.2, 0) is 7.05 Å². The highest BCUT2D eigenvalue weighted by Crippen LogP contribution is 2.30. The monoisotopic (exact) mass is 267 g/mol. The van der Waals surface area contributed by atoms with Gasteiger partial charge in [-0.3, -0.25) is 0 Å². The third-order valence-electron chi connectivity index (χ3n) is 3.42. The fraction of sp³-hybridized carbons (Fsp3) is 0.200. The average molecular weight is 267 g/mol. The van der Waals surface area contributed by atoms with Crippen LogP contribution < -0.4 is 11.5 Å². The molecule has 102 valence electrons. The first-order chi connectivity index (χ1) is 9.56. The number of rotatable bonds is 2. The Hall–Kier alpha value is -2.40. The molecule has 0 aliphatic rings. The van der Waals surface area contributed by atoms with Crippen molar-refractivity contribution in [1.29, 1.82) is 0 Å². The second-order valence-corrected chi connectivity index (χ2v) is 5.01. The largest absolute Gasteiger partial charge is 0.384 e. The van der Waals surface area contributed by atoms with Crippen LogP contribution in [0.4, 0.5) is 5.82 Å². The predicted octanol–water partition coefficient (Wildman–Crippen LogP) is 2.24. The summed E-state index contributed by atoms with van der Waals surface area (Å²) in [5, 5.41) is 0. The van der Waals surface area contributed by atoms with Crippen LogP contribution in [0.25, 0.3) is 22.2 Å². The number of anilines is 1. The van der Waals surface area contributed by atoms with Crippen molar-refractivity contribution in [3.8, 4) is 11.1 Å². The Bertz CT molecular complexity index is 773. The summed E-state index contributed by atoms with van der Waals surface area (Å²) in [5.41, 5.74) is 16.7. The summed E-state index contributed by atoms with van der Waals surface area (Å²) in [6.07, 6.45) is 3.69. The molecule has 0 spiro atoms. The summed E-state index contributed by atoms with van der Waals surface area (Å²) < 4.78 is 2.04. The van der Waals surface area contributed by atoms with Gasteiger partial charge in [-0.15, -0.1) is 0 Å². The number of aryl methyl sites for hydroxylation is 1. The van der Waals surface area contributed by atoms with Gasteiger partial charge in [0.2, 0.25) is 0 Å². The highest BCUT2D eigenvalue weighted by Gasteiger charge is 2.14. The molecule has 0 fully saturated rings. The molecule has 3 aromatic rings. The van der Waals surface area contributed by atoms with Crippen molar-refractivity contribution in [3.05, 3.63) is 42.4 Å². The van der Waals surface area contributed by atoms with Crippen molar-refractivity contribution in [2.24, 2.45) is 12.8 Å². The van der Waals surface area contributed by atoms with Crippen LogP contribution in [-0.4, -0.2) is 14.5 Å².